The zero-order valence-corrected chi connectivity index (χ0v) is 11.1. The monoisotopic (exact) mass is 275 g/mol. The van der Waals surface area contributed by atoms with Gasteiger partial charge in [-0.25, -0.2) is 14.8 Å². The zero-order chi connectivity index (χ0) is 13.7. The van der Waals surface area contributed by atoms with E-state index in [1.165, 1.54) is 17.4 Å². The van der Waals surface area contributed by atoms with Gasteiger partial charge in [0.2, 0.25) is 0 Å². The molecule has 1 heterocycles. The Labute approximate surface area is 115 Å². The average Bonchev–Trinajstić information content (AvgIpc) is 2.46. The Kier molecular flexibility index (Phi) is 4.35. The molecule has 0 aliphatic heterocycles. The number of nitrogens with one attached hydrogen (secondary N) is 1. The molecular weight excluding hydrogens is 262 g/mol. The second-order valence-corrected chi connectivity index (χ2v) is 4.65. The Hall–Kier alpha value is -2.08. The van der Waals surface area contributed by atoms with Crippen LogP contribution in [0, 0.1) is 0 Å². The van der Waals surface area contributed by atoms with Gasteiger partial charge in [0, 0.05) is 16.8 Å². The van der Waals surface area contributed by atoms with Gasteiger partial charge in [-0.3, -0.25) is 0 Å². The quantitative estimate of drug-likeness (QED) is 0.817. The fourth-order valence-corrected chi connectivity index (χ4v) is 1.98. The van der Waals surface area contributed by atoms with Crippen LogP contribution >= 0.6 is 11.8 Å². The van der Waals surface area contributed by atoms with Crippen LogP contribution in [0.3, 0.4) is 0 Å². The highest BCUT2D eigenvalue weighted by Crippen LogP contribution is 2.18. The molecule has 0 aliphatic carbocycles. The first-order chi connectivity index (χ1) is 9.20. The Bertz CT molecular complexity index is 572. The lowest BCUT2D eigenvalue weighted by atomic mass is 10.2. The first kappa shape index (κ1) is 13.4. The predicted octanol–water partition coefficient (Wildman–Crippen LogP) is 2.51. The molecule has 2 N–H and O–H groups in total. The molecule has 19 heavy (non-hydrogen) atoms. The number of nitrogens with zero attached hydrogens (tertiary/aromatic N) is 2. The Morgan fingerprint density at radius 2 is 2.11 bits per heavy atom. The molecule has 0 saturated carbocycles. The summed E-state index contributed by atoms with van der Waals surface area (Å²) in [5.74, 6) is -1.02. The van der Waals surface area contributed by atoms with Crippen LogP contribution in [0.25, 0.3) is 0 Å². The molecule has 0 atom stereocenters. The standard InChI is InChI=1S/C13H13N3O2S/c1-19-10-4-2-9(3-5-10)15-7-12-11(13(17)18)6-14-8-16-12/h2-6,8,15H,7H2,1H3,(H,17,18). The lowest BCUT2D eigenvalue weighted by Gasteiger charge is -2.08. The van der Waals surface area contributed by atoms with E-state index < -0.39 is 5.97 Å². The van der Waals surface area contributed by atoms with Crippen molar-refractivity contribution in [1.82, 2.24) is 9.97 Å². The Morgan fingerprint density at radius 3 is 2.74 bits per heavy atom. The third-order valence-electron chi connectivity index (χ3n) is 2.58. The van der Waals surface area contributed by atoms with Gasteiger partial charge in [-0.05, 0) is 30.5 Å². The molecule has 98 valence electrons. The van der Waals surface area contributed by atoms with Crippen LogP contribution in [0.1, 0.15) is 16.1 Å². The van der Waals surface area contributed by atoms with Crippen LogP contribution in [-0.2, 0) is 6.54 Å². The molecule has 2 aromatic rings. The zero-order valence-electron chi connectivity index (χ0n) is 10.3. The van der Waals surface area contributed by atoms with E-state index in [-0.39, 0.29) is 5.56 Å². The minimum Gasteiger partial charge on any atom is -0.478 e. The number of carbonyl (C=O) groups is 1. The van der Waals surface area contributed by atoms with Crippen molar-refractivity contribution in [2.45, 2.75) is 11.4 Å². The summed E-state index contributed by atoms with van der Waals surface area (Å²) in [4.78, 5) is 19.9. The fourth-order valence-electron chi connectivity index (χ4n) is 1.57. The van der Waals surface area contributed by atoms with Crippen molar-refractivity contribution in [2.75, 3.05) is 11.6 Å². The van der Waals surface area contributed by atoms with Gasteiger partial charge in [0.25, 0.3) is 0 Å². The number of benzene rings is 1. The molecule has 0 saturated heterocycles. The Morgan fingerprint density at radius 1 is 1.37 bits per heavy atom. The van der Waals surface area contributed by atoms with Gasteiger partial charge in [0.1, 0.15) is 11.9 Å². The molecule has 0 fully saturated rings. The van der Waals surface area contributed by atoms with Crippen molar-refractivity contribution < 1.29 is 9.90 Å². The Balaban J connectivity index is 2.07. The van der Waals surface area contributed by atoms with Crippen molar-refractivity contribution in [3.63, 3.8) is 0 Å². The summed E-state index contributed by atoms with van der Waals surface area (Å²) in [6.45, 7) is 0.350. The van der Waals surface area contributed by atoms with Gasteiger partial charge in [-0.2, -0.15) is 0 Å². The van der Waals surface area contributed by atoms with E-state index in [1.807, 2.05) is 30.5 Å². The maximum Gasteiger partial charge on any atom is 0.339 e. The van der Waals surface area contributed by atoms with E-state index in [2.05, 4.69) is 15.3 Å². The summed E-state index contributed by atoms with van der Waals surface area (Å²) in [7, 11) is 0. The third kappa shape index (κ3) is 3.45. The topological polar surface area (TPSA) is 75.1 Å². The van der Waals surface area contributed by atoms with E-state index in [4.69, 9.17) is 5.11 Å². The number of rotatable bonds is 5. The summed E-state index contributed by atoms with van der Waals surface area (Å²) < 4.78 is 0. The summed E-state index contributed by atoms with van der Waals surface area (Å²) in [6, 6.07) is 7.91. The van der Waals surface area contributed by atoms with Crippen molar-refractivity contribution >= 4 is 23.4 Å². The SMILES string of the molecule is CSc1ccc(NCc2ncncc2C(=O)O)cc1. The summed E-state index contributed by atoms with van der Waals surface area (Å²) >= 11 is 1.67. The average molecular weight is 275 g/mol. The van der Waals surface area contributed by atoms with E-state index in [0.717, 1.165) is 5.69 Å². The number of aromatic nitrogens is 2. The minimum atomic E-state index is -1.02. The lowest BCUT2D eigenvalue weighted by Crippen LogP contribution is -2.10. The first-order valence-electron chi connectivity index (χ1n) is 5.61. The number of hydrogen-bond acceptors (Lipinski definition) is 5. The van der Waals surface area contributed by atoms with Crippen molar-refractivity contribution in [3.05, 3.63) is 48.0 Å². The van der Waals surface area contributed by atoms with Crippen molar-refractivity contribution in [3.8, 4) is 0 Å². The van der Waals surface area contributed by atoms with Gasteiger partial charge in [0.15, 0.2) is 0 Å². The highest BCUT2D eigenvalue weighted by atomic mass is 32.2. The number of carboxylic acids is 1. The second-order valence-electron chi connectivity index (χ2n) is 3.77. The lowest BCUT2D eigenvalue weighted by molar-refractivity contribution is 0.0694. The summed E-state index contributed by atoms with van der Waals surface area (Å²) in [5.41, 5.74) is 1.51. The van der Waals surface area contributed by atoms with Gasteiger partial charge in [-0.1, -0.05) is 0 Å². The highest BCUT2D eigenvalue weighted by molar-refractivity contribution is 7.98. The molecule has 1 aromatic heterocycles. The van der Waals surface area contributed by atoms with E-state index in [1.54, 1.807) is 11.8 Å². The minimum absolute atomic E-state index is 0.121. The number of aromatic carboxylic acids is 1. The molecule has 0 radical (unpaired) electrons. The van der Waals surface area contributed by atoms with Crippen LogP contribution in [0.5, 0.6) is 0 Å². The number of hydrogen-bond donors (Lipinski definition) is 2. The molecule has 2 rings (SSSR count). The van der Waals surface area contributed by atoms with Crippen LogP contribution in [0.2, 0.25) is 0 Å². The molecule has 0 unspecified atom stereocenters. The van der Waals surface area contributed by atoms with Crippen molar-refractivity contribution in [1.29, 1.82) is 0 Å². The molecule has 5 nitrogen and oxygen atoms in total. The van der Waals surface area contributed by atoms with E-state index >= 15 is 0 Å². The smallest absolute Gasteiger partial charge is 0.339 e. The largest absolute Gasteiger partial charge is 0.478 e. The van der Waals surface area contributed by atoms with E-state index in [9.17, 15) is 4.79 Å². The molecule has 0 bridgehead atoms. The van der Waals surface area contributed by atoms with Gasteiger partial charge in [-0.15, -0.1) is 11.8 Å². The van der Waals surface area contributed by atoms with Crippen molar-refractivity contribution in [2.24, 2.45) is 0 Å². The first-order valence-corrected chi connectivity index (χ1v) is 6.83. The van der Waals surface area contributed by atoms with Crippen LogP contribution in [-0.4, -0.2) is 27.3 Å². The predicted molar refractivity (Wildman–Crippen MR) is 74.5 cm³/mol. The number of thioether (sulfide) groups is 1. The summed E-state index contributed by atoms with van der Waals surface area (Å²) in [5, 5.41) is 12.2. The van der Waals surface area contributed by atoms with Crippen LogP contribution < -0.4 is 5.32 Å². The third-order valence-corrected chi connectivity index (χ3v) is 3.32. The second kappa shape index (κ2) is 6.19. The van der Waals surface area contributed by atoms with Gasteiger partial charge in [0.05, 0.1) is 12.2 Å². The maximum absolute atomic E-state index is 11.0. The fraction of sp³-hybridized carbons (Fsp3) is 0.154. The molecule has 0 amide bonds. The molecule has 0 spiro atoms. The van der Waals surface area contributed by atoms with Gasteiger partial charge >= 0.3 is 5.97 Å². The van der Waals surface area contributed by atoms with Crippen LogP contribution in [0.4, 0.5) is 5.69 Å². The van der Waals surface area contributed by atoms with Crippen LogP contribution in [0.15, 0.2) is 41.7 Å². The number of anilines is 1. The highest BCUT2D eigenvalue weighted by Gasteiger charge is 2.10. The molecule has 1 aromatic carbocycles. The summed E-state index contributed by atoms with van der Waals surface area (Å²) in [6.07, 6.45) is 4.67. The number of carboxylic acid groups (broad SMARTS) is 1. The maximum atomic E-state index is 11.0. The normalized spacial score (nSPS) is 10.2. The molecular formula is C13H13N3O2S. The molecule has 0 aliphatic rings. The van der Waals surface area contributed by atoms with E-state index in [0.29, 0.717) is 12.2 Å². The van der Waals surface area contributed by atoms with Gasteiger partial charge < -0.3 is 10.4 Å². The molecule has 6 heteroatoms.